The molecule has 1 fully saturated rings. The van der Waals surface area contributed by atoms with Gasteiger partial charge in [0.15, 0.2) is 5.13 Å². The number of hydrogen-bond acceptors (Lipinski definition) is 5. The van der Waals surface area contributed by atoms with Crippen LogP contribution in [0, 0.1) is 0 Å². The van der Waals surface area contributed by atoms with Crippen LogP contribution in [0.2, 0.25) is 0 Å². The quantitative estimate of drug-likeness (QED) is 0.926. The van der Waals surface area contributed by atoms with Crippen LogP contribution in [-0.4, -0.2) is 42.2 Å². The number of benzene rings is 1. The van der Waals surface area contributed by atoms with Crippen molar-refractivity contribution in [3.63, 3.8) is 0 Å². The summed E-state index contributed by atoms with van der Waals surface area (Å²) in [5.41, 5.74) is 0.893. The summed E-state index contributed by atoms with van der Waals surface area (Å²) in [6.45, 7) is 7.47. The molecule has 0 spiro atoms. The van der Waals surface area contributed by atoms with E-state index in [-0.39, 0.29) is 0 Å². The SMILES string of the molecule is CC.O=C(Nc1nc2ccccc2s1)OCCN1CCCC1. The van der Waals surface area contributed by atoms with Gasteiger partial charge in [0.05, 0.1) is 10.2 Å². The third-order valence-electron chi connectivity index (χ3n) is 3.34. The highest BCUT2D eigenvalue weighted by molar-refractivity contribution is 7.22. The first-order valence-corrected chi connectivity index (χ1v) is 8.64. The molecule has 1 N–H and O–H groups in total. The van der Waals surface area contributed by atoms with Gasteiger partial charge in [-0.05, 0) is 38.1 Å². The highest BCUT2D eigenvalue weighted by atomic mass is 32.1. The Labute approximate surface area is 135 Å². The largest absolute Gasteiger partial charge is 0.448 e. The molecule has 22 heavy (non-hydrogen) atoms. The minimum absolute atomic E-state index is 0.427. The van der Waals surface area contributed by atoms with E-state index in [1.165, 1.54) is 24.2 Å². The number of ether oxygens (including phenoxy) is 1. The number of likely N-dealkylation sites (tertiary alicyclic amines) is 1. The van der Waals surface area contributed by atoms with Crippen LogP contribution in [0.25, 0.3) is 10.2 Å². The van der Waals surface area contributed by atoms with Crippen LogP contribution >= 0.6 is 11.3 Å². The molecule has 1 saturated heterocycles. The fourth-order valence-corrected chi connectivity index (χ4v) is 3.17. The summed E-state index contributed by atoms with van der Waals surface area (Å²) in [6, 6.07) is 7.80. The average Bonchev–Trinajstić information content (AvgIpc) is 3.17. The van der Waals surface area contributed by atoms with Crippen LogP contribution in [0.3, 0.4) is 0 Å². The summed E-state index contributed by atoms with van der Waals surface area (Å²) >= 11 is 1.45. The summed E-state index contributed by atoms with van der Waals surface area (Å²) in [5, 5.41) is 3.27. The first-order chi connectivity index (χ1) is 10.8. The number of nitrogens with one attached hydrogen (secondary N) is 1. The molecule has 0 radical (unpaired) electrons. The molecular weight excluding hydrogens is 298 g/mol. The molecule has 3 rings (SSSR count). The summed E-state index contributed by atoms with van der Waals surface area (Å²) < 4.78 is 6.23. The van der Waals surface area contributed by atoms with Crippen molar-refractivity contribution in [1.29, 1.82) is 0 Å². The van der Waals surface area contributed by atoms with Crippen LogP contribution in [0.5, 0.6) is 0 Å². The second-order valence-electron chi connectivity index (χ2n) is 4.80. The number of carbonyl (C=O) groups excluding carboxylic acids is 1. The number of fused-ring (bicyclic) bond motifs is 1. The fraction of sp³-hybridized carbons (Fsp3) is 0.500. The number of rotatable bonds is 4. The Bertz CT molecular complexity index is 561. The second kappa shape index (κ2) is 8.70. The Morgan fingerprint density at radius 1 is 1.32 bits per heavy atom. The van der Waals surface area contributed by atoms with Gasteiger partial charge in [0, 0.05) is 6.54 Å². The van der Waals surface area contributed by atoms with E-state index in [4.69, 9.17) is 4.74 Å². The van der Waals surface area contributed by atoms with Gasteiger partial charge in [-0.15, -0.1) is 0 Å². The molecule has 0 saturated carbocycles. The number of nitrogens with zero attached hydrogens (tertiary/aromatic N) is 2. The van der Waals surface area contributed by atoms with E-state index < -0.39 is 6.09 Å². The van der Waals surface area contributed by atoms with E-state index >= 15 is 0 Å². The lowest BCUT2D eigenvalue weighted by atomic mass is 10.3. The maximum absolute atomic E-state index is 11.7. The molecule has 120 valence electrons. The van der Waals surface area contributed by atoms with Crippen molar-refractivity contribution in [2.45, 2.75) is 26.7 Å². The third-order valence-corrected chi connectivity index (χ3v) is 4.29. The molecule has 2 aromatic rings. The van der Waals surface area contributed by atoms with Gasteiger partial charge in [0.25, 0.3) is 0 Å². The molecule has 0 atom stereocenters. The summed E-state index contributed by atoms with van der Waals surface area (Å²) in [4.78, 5) is 18.3. The number of aromatic nitrogens is 1. The van der Waals surface area contributed by atoms with Gasteiger partial charge in [-0.25, -0.2) is 9.78 Å². The molecule has 0 bridgehead atoms. The highest BCUT2D eigenvalue weighted by Crippen LogP contribution is 2.25. The number of para-hydroxylation sites is 1. The Morgan fingerprint density at radius 3 is 2.77 bits per heavy atom. The molecule has 1 aromatic heterocycles. The zero-order chi connectivity index (χ0) is 15.8. The smallest absolute Gasteiger partial charge is 0.413 e. The Balaban J connectivity index is 0.000000847. The van der Waals surface area contributed by atoms with Gasteiger partial charge in [0.1, 0.15) is 6.61 Å². The second-order valence-corrected chi connectivity index (χ2v) is 5.83. The number of amides is 1. The number of carbonyl (C=O) groups is 1. The van der Waals surface area contributed by atoms with Crippen LogP contribution < -0.4 is 5.32 Å². The third kappa shape index (κ3) is 4.68. The van der Waals surface area contributed by atoms with Gasteiger partial charge in [-0.1, -0.05) is 37.3 Å². The molecule has 1 aliphatic heterocycles. The van der Waals surface area contributed by atoms with Gasteiger partial charge < -0.3 is 4.74 Å². The molecule has 1 aliphatic rings. The summed E-state index contributed by atoms with van der Waals surface area (Å²) in [7, 11) is 0. The van der Waals surface area contributed by atoms with Gasteiger partial charge >= 0.3 is 6.09 Å². The van der Waals surface area contributed by atoms with Crippen molar-refractivity contribution in [3.05, 3.63) is 24.3 Å². The van der Waals surface area contributed by atoms with Gasteiger partial charge in [-0.2, -0.15) is 0 Å². The van der Waals surface area contributed by atoms with Crippen LogP contribution in [-0.2, 0) is 4.74 Å². The van der Waals surface area contributed by atoms with Gasteiger partial charge in [0.2, 0.25) is 0 Å². The van der Waals surface area contributed by atoms with Crippen molar-refractivity contribution in [2.24, 2.45) is 0 Å². The minimum Gasteiger partial charge on any atom is -0.448 e. The lowest BCUT2D eigenvalue weighted by molar-refractivity contribution is 0.146. The summed E-state index contributed by atoms with van der Waals surface area (Å²) in [5.74, 6) is 0. The van der Waals surface area contributed by atoms with Crippen LogP contribution in [0.1, 0.15) is 26.7 Å². The van der Waals surface area contributed by atoms with Gasteiger partial charge in [-0.3, -0.25) is 10.2 Å². The van der Waals surface area contributed by atoms with Crippen molar-refractivity contribution in [1.82, 2.24) is 9.88 Å². The summed E-state index contributed by atoms with van der Waals surface area (Å²) in [6.07, 6.45) is 2.07. The van der Waals surface area contributed by atoms with Crippen molar-refractivity contribution >= 4 is 32.8 Å². The van der Waals surface area contributed by atoms with E-state index in [2.05, 4.69) is 15.2 Å². The zero-order valence-corrected chi connectivity index (χ0v) is 14.0. The lowest BCUT2D eigenvalue weighted by Gasteiger charge is -2.13. The van der Waals surface area contributed by atoms with Crippen molar-refractivity contribution in [3.8, 4) is 0 Å². The molecule has 5 nitrogen and oxygen atoms in total. The molecule has 1 amide bonds. The van der Waals surface area contributed by atoms with Crippen LogP contribution in [0.4, 0.5) is 9.93 Å². The molecule has 0 aliphatic carbocycles. The van der Waals surface area contributed by atoms with E-state index in [1.807, 2.05) is 38.1 Å². The predicted octanol–water partition coefficient (Wildman–Crippen LogP) is 3.97. The Hall–Kier alpha value is -1.66. The number of anilines is 1. The first kappa shape index (κ1) is 16.7. The monoisotopic (exact) mass is 321 g/mol. The number of thiazole rings is 1. The van der Waals surface area contributed by atoms with Crippen LogP contribution in [0.15, 0.2) is 24.3 Å². The fourth-order valence-electron chi connectivity index (χ4n) is 2.32. The van der Waals surface area contributed by atoms with E-state index in [9.17, 15) is 4.79 Å². The van der Waals surface area contributed by atoms with E-state index in [0.29, 0.717) is 11.7 Å². The van der Waals surface area contributed by atoms with E-state index in [1.54, 1.807) is 0 Å². The maximum atomic E-state index is 11.7. The molecule has 1 aromatic carbocycles. The van der Waals surface area contributed by atoms with E-state index in [0.717, 1.165) is 29.9 Å². The average molecular weight is 321 g/mol. The predicted molar refractivity (Wildman–Crippen MR) is 91.6 cm³/mol. The molecule has 2 heterocycles. The topological polar surface area (TPSA) is 54.5 Å². The van der Waals surface area contributed by atoms with Crippen molar-refractivity contribution < 1.29 is 9.53 Å². The van der Waals surface area contributed by atoms with Crippen molar-refractivity contribution in [2.75, 3.05) is 31.6 Å². The zero-order valence-electron chi connectivity index (χ0n) is 13.2. The number of hydrogen-bond donors (Lipinski definition) is 1. The maximum Gasteiger partial charge on any atom is 0.413 e. The Kier molecular flexibility index (Phi) is 6.61. The normalized spacial score (nSPS) is 14.5. The standard InChI is InChI=1S/C14H17N3O2S.C2H6/c18-14(19-10-9-17-7-3-4-8-17)16-13-15-11-5-1-2-6-12(11)20-13;1-2/h1-2,5-6H,3-4,7-10H2,(H,15,16,18);1-2H3. The Morgan fingerprint density at radius 2 is 2.05 bits per heavy atom. The molecule has 0 unspecified atom stereocenters. The highest BCUT2D eigenvalue weighted by Gasteiger charge is 2.12. The minimum atomic E-state index is -0.428. The first-order valence-electron chi connectivity index (χ1n) is 7.83. The molecule has 6 heteroatoms. The lowest BCUT2D eigenvalue weighted by Crippen LogP contribution is -2.26. The molecular formula is C16H23N3O2S.